The zero-order chi connectivity index (χ0) is 26.3. The molecule has 0 saturated carbocycles. The van der Waals surface area contributed by atoms with Gasteiger partial charge in [0.15, 0.2) is 11.5 Å². The maximum absolute atomic E-state index is 6.14. The van der Waals surface area contributed by atoms with Crippen LogP contribution in [0.3, 0.4) is 0 Å². The van der Waals surface area contributed by atoms with E-state index in [1.54, 1.807) is 7.11 Å². The van der Waals surface area contributed by atoms with Crippen molar-refractivity contribution in [3.05, 3.63) is 96.3 Å². The van der Waals surface area contributed by atoms with Gasteiger partial charge in [0.1, 0.15) is 18.2 Å². The molecule has 0 N–H and O–H groups in total. The number of allylic oxidation sites excluding steroid dienone is 1. The third-order valence-corrected chi connectivity index (χ3v) is 6.46. The van der Waals surface area contributed by atoms with E-state index < -0.39 is 0 Å². The van der Waals surface area contributed by atoms with Crippen molar-refractivity contribution in [3.8, 4) is 17.2 Å². The zero-order valence-electron chi connectivity index (χ0n) is 22.5. The molecule has 4 rings (SSSR count). The summed E-state index contributed by atoms with van der Waals surface area (Å²) in [5.74, 6) is 3.32. The molecule has 0 radical (unpaired) electrons. The largest absolute Gasteiger partial charge is 0.493 e. The lowest BCUT2D eigenvalue weighted by Crippen LogP contribution is -2.11. The van der Waals surface area contributed by atoms with Crippen LogP contribution in [0.1, 0.15) is 50.6 Å². The monoisotopic (exact) mass is 498 g/mol. The van der Waals surface area contributed by atoms with E-state index in [4.69, 9.17) is 19.2 Å². The van der Waals surface area contributed by atoms with Crippen molar-refractivity contribution in [1.82, 2.24) is 9.55 Å². The van der Waals surface area contributed by atoms with Gasteiger partial charge in [-0.15, -0.1) is 6.58 Å². The smallest absolute Gasteiger partial charge is 0.161 e. The quantitative estimate of drug-likeness (QED) is 0.150. The van der Waals surface area contributed by atoms with E-state index in [2.05, 4.69) is 68.3 Å². The minimum atomic E-state index is 0.121. The number of fused-ring (bicyclic) bond motifs is 1. The summed E-state index contributed by atoms with van der Waals surface area (Å²) in [5, 5.41) is 0. The number of hydrogen-bond acceptors (Lipinski definition) is 4. The van der Waals surface area contributed by atoms with Gasteiger partial charge >= 0.3 is 0 Å². The first-order chi connectivity index (χ1) is 17.9. The molecule has 5 nitrogen and oxygen atoms in total. The average Bonchev–Trinajstić information content (AvgIpc) is 3.25. The van der Waals surface area contributed by atoms with Gasteiger partial charge in [-0.2, -0.15) is 0 Å². The van der Waals surface area contributed by atoms with E-state index in [-0.39, 0.29) is 5.41 Å². The predicted octanol–water partition coefficient (Wildman–Crippen LogP) is 7.51. The normalized spacial score (nSPS) is 11.5. The van der Waals surface area contributed by atoms with Crippen LogP contribution in [0.4, 0.5) is 0 Å². The SMILES string of the molecule is C=CCc1ccc(OCCCCn2c(COc3ccc(C(C)(C)C)cc3)nc3ccccc32)c(OC)c1. The predicted molar refractivity (Wildman–Crippen MR) is 151 cm³/mol. The van der Waals surface area contributed by atoms with Gasteiger partial charge in [-0.05, 0) is 72.2 Å². The highest BCUT2D eigenvalue weighted by molar-refractivity contribution is 5.75. The molecule has 0 spiro atoms. The molecule has 0 atom stereocenters. The van der Waals surface area contributed by atoms with Crippen molar-refractivity contribution in [2.45, 2.75) is 58.6 Å². The van der Waals surface area contributed by atoms with Crippen molar-refractivity contribution in [3.63, 3.8) is 0 Å². The van der Waals surface area contributed by atoms with Gasteiger partial charge in [0.05, 0.1) is 24.8 Å². The van der Waals surface area contributed by atoms with Crippen LogP contribution in [0.25, 0.3) is 11.0 Å². The number of aromatic nitrogens is 2. The van der Waals surface area contributed by atoms with Crippen LogP contribution in [0, 0.1) is 0 Å². The van der Waals surface area contributed by atoms with Crippen LogP contribution < -0.4 is 14.2 Å². The summed E-state index contributed by atoms with van der Waals surface area (Å²) >= 11 is 0. The second-order valence-electron chi connectivity index (χ2n) is 10.3. The minimum Gasteiger partial charge on any atom is -0.493 e. The number of methoxy groups -OCH3 is 1. The number of rotatable bonds is 12. The minimum absolute atomic E-state index is 0.121. The molecule has 0 saturated heterocycles. The molecule has 0 unspecified atom stereocenters. The van der Waals surface area contributed by atoms with Gasteiger partial charge < -0.3 is 18.8 Å². The van der Waals surface area contributed by atoms with Crippen LogP contribution in [0.2, 0.25) is 0 Å². The molecule has 0 aliphatic carbocycles. The van der Waals surface area contributed by atoms with Crippen LogP contribution in [0.15, 0.2) is 79.4 Å². The van der Waals surface area contributed by atoms with Crippen LogP contribution in [-0.2, 0) is 25.0 Å². The molecular weight excluding hydrogens is 460 g/mol. The topological polar surface area (TPSA) is 45.5 Å². The van der Waals surface area contributed by atoms with E-state index in [9.17, 15) is 0 Å². The molecule has 3 aromatic carbocycles. The molecule has 0 aliphatic rings. The van der Waals surface area contributed by atoms with Gasteiger partial charge in [-0.25, -0.2) is 4.98 Å². The lowest BCUT2D eigenvalue weighted by Gasteiger charge is -2.19. The van der Waals surface area contributed by atoms with Crippen molar-refractivity contribution in [1.29, 1.82) is 0 Å². The molecular formula is C32H38N2O3. The molecule has 1 heterocycles. The second kappa shape index (κ2) is 12.0. The summed E-state index contributed by atoms with van der Waals surface area (Å²) < 4.78 is 20.0. The van der Waals surface area contributed by atoms with Crippen LogP contribution >= 0.6 is 0 Å². The number of aryl methyl sites for hydroxylation is 1. The maximum atomic E-state index is 6.14. The lowest BCUT2D eigenvalue weighted by atomic mass is 9.87. The molecule has 4 aromatic rings. The standard InChI is InChI=1S/C32H38N2O3/c1-6-11-24-14-19-29(30(22-24)35-5)36-21-10-9-20-34-28-13-8-7-12-27(28)33-31(34)23-37-26-17-15-25(16-18-26)32(2,3)4/h6-8,12-19,22H,1,9-11,20-21,23H2,2-5H3. The van der Waals surface area contributed by atoms with E-state index >= 15 is 0 Å². The highest BCUT2D eigenvalue weighted by atomic mass is 16.5. The number of para-hydroxylation sites is 2. The fourth-order valence-corrected chi connectivity index (χ4v) is 4.36. The van der Waals surface area contributed by atoms with Crippen molar-refractivity contribution >= 4 is 11.0 Å². The van der Waals surface area contributed by atoms with Gasteiger partial charge in [0, 0.05) is 6.54 Å². The summed E-state index contributed by atoms with van der Waals surface area (Å²) in [6, 6.07) is 22.7. The van der Waals surface area contributed by atoms with Gasteiger partial charge in [0.25, 0.3) is 0 Å². The molecule has 0 aliphatic heterocycles. The van der Waals surface area contributed by atoms with Gasteiger partial charge in [0.2, 0.25) is 0 Å². The summed E-state index contributed by atoms with van der Waals surface area (Å²) in [5.41, 5.74) is 4.69. The molecule has 0 amide bonds. The Balaban J connectivity index is 1.36. The van der Waals surface area contributed by atoms with Crippen molar-refractivity contribution < 1.29 is 14.2 Å². The van der Waals surface area contributed by atoms with Gasteiger partial charge in [-0.1, -0.05) is 57.2 Å². The van der Waals surface area contributed by atoms with E-state index in [1.807, 2.05) is 36.4 Å². The Hall–Kier alpha value is -3.73. The summed E-state index contributed by atoms with van der Waals surface area (Å²) in [6.45, 7) is 12.3. The molecule has 37 heavy (non-hydrogen) atoms. The first kappa shape index (κ1) is 26.3. The Kier molecular flexibility index (Phi) is 8.54. The van der Waals surface area contributed by atoms with Crippen molar-refractivity contribution in [2.24, 2.45) is 0 Å². The Labute approximate surface area is 220 Å². The highest BCUT2D eigenvalue weighted by Crippen LogP contribution is 2.29. The number of hydrogen-bond donors (Lipinski definition) is 0. The summed E-state index contributed by atoms with van der Waals surface area (Å²) in [7, 11) is 1.67. The first-order valence-corrected chi connectivity index (χ1v) is 13.0. The average molecular weight is 499 g/mol. The Morgan fingerprint density at radius 1 is 0.919 bits per heavy atom. The van der Waals surface area contributed by atoms with Crippen LogP contribution in [-0.4, -0.2) is 23.3 Å². The zero-order valence-corrected chi connectivity index (χ0v) is 22.5. The molecule has 194 valence electrons. The lowest BCUT2D eigenvalue weighted by molar-refractivity contribution is 0.278. The molecule has 0 bridgehead atoms. The molecule has 1 aromatic heterocycles. The molecule has 0 fully saturated rings. The number of imidazole rings is 1. The second-order valence-corrected chi connectivity index (χ2v) is 10.3. The van der Waals surface area contributed by atoms with E-state index in [1.165, 1.54) is 5.56 Å². The van der Waals surface area contributed by atoms with Gasteiger partial charge in [-0.3, -0.25) is 0 Å². The highest BCUT2D eigenvalue weighted by Gasteiger charge is 2.14. The Bertz CT molecular complexity index is 1320. The van der Waals surface area contributed by atoms with Crippen molar-refractivity contribution in [2.75, 3.05) is 13.7 Å². The number of unbranched alkanes of at least 4 members (excludes halogenated alkanes) is 1. The summed E-state index contributed by atoms with van der Waals surface area (Å²) in [4.78, 5) is 4.86. The van der Waals surface area contributed by atoms with E-state index in [0.29, 0.717) is 13.2 Å². The molecule has 5 heteroatoms. The Morgan fingerprint density at radius 2 is 1.70 bits per heavy atom. The third kappa shape index (κ3) is 6.73. The number of ether oxygens (including phenoxy) is 3. The maximum Gasteiger partial charge on any atom is 0.161 e. The third-order valence-electron chi connectivity index (χ3n) is 6.46. The fraction of sp³-hybridized carbons (Fsp3) is 0.344. The first-order valence-electron chi connectivity index (χ1n) is 13.0. The summed E-state index contributed by atoms with van der Waals surface area (Å²) in [6.07, 6.45) is 4.57. The van der Waals surface area contributed by atoms with E-state index in [0.717, 1.165) is 65.5 Å². The Morgan fingerprint density at radius 3 is 2.43 bits per heavy atom. The fourth-order valence-electron chi connectivity index (χ4n) is 4.36. The number of nitrogens with zero attached hydrogens (tertiary/aromatic N) is 2. The van der Waals surface area contributed by atoms with Crippen LogP contribution in [0.5, 0.6) is 17.2 Å². The number of benzene rings is 3.